The predicted molar refractivity (Wildman–Crippen MR) is 56.4 cm³/mol. The number of hydrogen-bond donors (Lipinski definition) is 1. The maximum absolute atomic E-state index is 5.86. The average molecular weight is 191 g/mol. The van der Waals surface area contributed by atoms with E-state index in [-0.39, 0.29) is 0 Å². The van der Waals surface area contributed by atoms with Gasteiger partial charge in [-0.1, -0.05) is 0 Å². The smallest absolute Gasteiger partial charge is 0.121 e. The Balaban J connectivity index is 2.83. The minimum Gasteiger partial charge on any atom is -0.497 e. The molecule has 4 heteroatoms. The summed E-state index contributed by atoms with van der Waals surface area (Å²) in [4.78, 5) is 0. The van der Waals surface area contributed by atoms with Crippen molar-refractivity contribution in [2.24, 2.45) is 7.05 Å². The molecule has 0 aliphatic heterocycles. The van der Waals surface area contributed by atoms with Crippen LogP contribution in [0.15, 0.2) is 12.1 Å². The maximum Gasteiger partial charge on any atom is 0.121 e. The van der Waals surface area contributed by atoms with Crippen LogP contribution in [-0.2, 0) is 7.05 Å². The molecule has 2 N–H and O–H groups in total. The summed E-state index contributed by atoms with van der Waals surface area (Å²) >= 11 is 0. The van der Waals surface area contributed by atoms with E-state index in [1.807, 2.05) is 24.7 Å². The Morgan fingerprint density at radius 2 is 2.14 bits per heavy atom. The Labute approximate surface area is 82.3 Å². The molecule has 4 nitrogen and oxygen atoms in total. The van der Waals surface area contributed by atoms with E-state index in [9.17, 15) is 0 Å². The monoisotopic (exact) mass is 191 g/mol. The first-order chi connectivity index (χ1) is 6.63. The molecule has 1 heterocycles. The highest BCUT2D eigenvalue weighted by Gasteiger charge is 2.09. The summed E-state index contributed by atoms with van der Waals surface area (Å²) in [5, 5.41) is 5.37. The number of hydrogen-bond acceptors (Lipinski definition) is 3. The average Bonchev–Trinajstić information content (AvgIpc) is 2.45. The van der Waals surface area contributed by atoms with Crippen molar-refractivity contribution in [1.82, 2.24) is 9.78 Å². The number of ether oxygens (including phenoxy) is 1. The van der Waals surface area contributed by atoms with Crippen LogP contribution in [0.25, 0.3) is 10.9 Å². The number of methoxy groups -OCH3 is 1. The van der Waals surface area contributed by atoms with Crippen molar-refractivity contribution in [3.05, 3.63) is 17.8 Å². The Morgan fingerprint density at radius 3 is 2.79 bits per heavy atom. The summed E-state index contributed by atoms with van der Waals surface area (Å²) < 4.78 is 6.97. The summed E-state index contributed by atoms with van der Waals surface area (Å²) in [5.74, 6) is 0.770. The number of nitrogens with zero attached hydrogens (tertiary/aromatic N) is 2. The first-order valence-corrected chi connectivity index (χ1v) is 4.40. The lowest BCUT2D eigenvalue weighted by Crippen LogP contribution is -1.92. The highest BCUT2D eigenvalue weighted by molar-refractivity contribution is 5.92. The molecule has 2 aromatic rings. The van der Waals surface area contributed by atoms with Crippen molar-refractivity contribution < 1.29 is 4.74 Å². The molecule has 0 aliphatic rings. The number of aromatic nitrogens is 2. The lowest BCUT2D eigenvalue weighted by molar-refractivity contribution is 0.415. The first kappa shape index (κ1) is 8.87. The third kappa shape index (κ3) is 1.11. The molecule has 0 atom stereocenters. The van der Waals surface area contributed by atoms with E-state index in [1.54, 1.807) is 13.2 Å². The number of fused-ring (bicyclic) bond motifs is 1. The van der Waals surface area contributed by atoms with Gasteiger partial charge in [0.1, 0.15) is 11.3 Å². The van der Waals surface area contributed by atoms with Crippen LogP contribution in [0, 0.1) is 6.92 Å². The van der Waals surface area contributed by atoms with E-state index in [2.05, 4.69) is 5.10 Å². The van der Waals surface area contributed by atoms with Gasteiger partial charge < -0.3 is 10.5 Å². The van der Waals surface area contributed by atoms with Gasteiger partial charge in [-0.3, -0.25) is 4.68 Å². The van der Waals surface area contributed by atoms with Crippen LogP contribution >= 0.6 is 0 Å². The van der Waals surface area contributed by atoms with Crippen LogP contribution in [0.1, 0.15) is 5.69 Å². The van der Waals surface area contributed by atoms with E-state index in [4.69, 9.17) is 10.5 Å². The SMILES string of the molecule is COc1cc(N)c2nn(C)c(C)c2c1. The summed E-state index contributed by atoms with van der Waals surface area (Å²) in [6.07, 6.45) is 0. The standard InChI is InChI=1S/C10H13N3O/c1-6-8-4-7(14-3)5-9(11)10(8)12-13(6)2/h4-5H,11H2,1-3H3. The fourth-order valence-corrected chi connectivity index (χ4v) is 1.53. The molecule has 0 unspecified atom stereocenters. The van der Waals surface area contributed by atoms with Crippen molar-refractivity contribution in [3.8, 4) is 5.75 Å². The van der Waals surface area contributed by atoms with Gasteiger partial charge in [0.15, 0.2) is 0 Å². The van der Waals surface area contributed by atoms with Crippen LogP contribution in [0.2, 0.25) is 0 Å². The van der Waals surface area contributed by atoms with Crippen LogP contribution in [-0.4, -0.2) is 16.9 Å². The summed E-state index contributed by atoms with van der Waals surface area (Å²) in [6.45, 7) is 2.01. The lowest BCUT2D eigenvalue weighted by atomic mass is 10.2. The fraction of sp³-hybridized carbons (Fsp3) is 0.300. The van der Waals surface area contributed by atoms with Crippen LogP contribution in [0.4, 0.5) is 5.69 Å². The topological polar surface area (TPSA) is 53.1 Å². The molecule has 0 saturated carbocycles. The number of nitrogen functional groups attached to an aromatic ring is 1. The normalized spacial score (nSPS) is 10.8. The van der Waals surface area contributed by atoms with E-state index in [0.29, 0.717) is 5.69 Å². The Kier molecular flexibility index (Phi) is 1.84. The molecule has 1 aromatic heterocycles. The molecule has 0 amide bonds. The van der Waals surface area contributed by atoms with Gasteiger partial charge in [-0.2, -0.15) is 5.10 Å². The third-order valence-corrected chi connectivity index (χ3v) is 2.47. The van der Waals surface area contributed by atoms with Crippen molar-refractivity contribution in [1.29, 1.82) is 0 Å². The van der Waals surface area contributed by atoms with Gasteiger partial charge >= 0.3 is 0 Å². The van der Waals surface area contributed by atoms with Gasteiger partial charge in [-0.05, 0) is 13.0 Å². The van der Waals surface area contributed by atoms with Crippen LogP contribution < -0.4 is 10.5 Å². The molecule has 0 saturated heterocycles. The van der Waals surface area contributed by atoms with E-state index in [1.165, 1.54) is 0 Å². The number of aryl methyl sites for hydroxylation is 2. The fourth-order valence-electron chi connectivity index (χ4n) is 1.53. The zero-order valence-corrected chi connectivity index (χ0v) is 8.53. The lowest BCUT2D eigenvalue weighted by Gasteiger charge is -2.01. The summed E-state index contributed by atoms with van der Waals surface area (Å²) in [7, 11) is 3.54. The molecule has 0 fully saturated rings. The molecule has 0 aliphatic carbocycles. The van der Waals surface area contributed by atoms with Gasteiger partial charge in [0.2, 0.25) is 0 Å². The summed E-state index contributed by atoms with van der Waals surface area (Å²) in [5.41, 5.74) is 8.44. The molecule has 14 heavy (non-hydrogen) atoms. The Bertz CT molecular complexity index is 488. The van der Waals surface area contributed by atoms with Crippen molar-refractivity contribution in [2.45, 2.75) is 6.92 Å². The molecular weight excluding hydrogens is 178 g/mol. The maximum atomic E-state index is 5.86. The number of nitrogens with two attached hydrogens (primary N) is 1. The van der Waals surface area contributed by atoms with Gasteiger partial charge in [-0.15, -0.1) is 0 Å². The number of benzene rings is 1. The number of anilines is 1. The van der Waals surface area contributed by atoms with E-state index >= 15 is 0 Å². The van der Waals surface area contributed by atoms with Crippen LogP contribution in [0.3, 0.4) is 0 Å². The molecule has 74 valence electrons. The van der Waals surface area contributed by atoms with Crippen molar-refractivity contribution in [2.75, 3.05) is 12.8 Å². The summed E-state index contributed by atoms with van der Waals surface area (Å²) in [6, 6.07) is 3.74. The zero-order valence-electron chi connectivity index (χ0n) is 8.53. The van der Waals surface area contributed by atoms with E-state index < -0.39 is 0 Å². The van der Waals surface area contributed by atoms with Gasteiger partial charge in [0, 0.05) is 24.2 Å². The molecular formula is C10H13N3O. The molecule has 2 rings (SSSR count). The van der Waals surface area contributed by atoms with Crippen LogP contribution in [0.5, 0.6) is 5.75 Å². The second-order valence-electron chi connectivity index (χ2n) is 3.32. The highest BCUT2D eigenvalue weighted by atomic mass is 16.5. The Hall–Kier alpha value is -1.71. The van der Waals surface area contributed by atoms with E-state index in [0.717, 1.165) is 22.3 Å². The zero-order chi connectivity index (χ0) is 10.3. The highest BCUT2D eigenvalue weighted by Crippen LogP contribution is 2.28. The van der Waals surface area contributed by atoms with Gasteiger partial charge in [0.05, 0.1) is 12.8 Å². The van der Waals surface area contributed by atoms with Crippen molar-refractivity contribution in [3.63, 3.8) is 0 Å². The Morgan fingerprint density at radius 1 is 1.43 bits per heavy atom. The molecule has 0 radical (unpaired) electrons. The minimum absolute atomic E-state index is 0.656. The largest absolute Gasteiger partial charge is 0.497 e. The third-order valence-electron chi connectivity index (χ3n) is 2.47. The molecule has 0 bridgehead atoms. The number of rotatable bonds is 1. The quantitative estimate of drug-likeness (QED) is 0.694. The molecule has 0 spiro atoms. The van der Waals surface area contributed by atoms with Gasteiger partial charge in [-0.25, -0.2) is 0 Å². The van der Waals surface area contributed by atoms with Gasteiger partial charge in [0.25, 0.3) is 0 Å². The van der Waals surface area contributed by atoms with Crippen molar-refractivity contribution >= 4 is 16.6 Å². The first-order valence-electron chi connectivity index (χ1n) is 4.40. The second kappa shape index (κ2) is 2.90. The molecule has 1 aromatic carbocycles. The minimum atomic E-state index is 0.656. The second-order valence-corrected chi connectivity index (χ2v) is 3.32. The predicted octanol–water partition coefficient (Wildman–Crippen LogP) is 1.47.